The van der Waals surface area contributed by atoms with Crippen molar-refractivity contribution in [1.29, 1.82) is 0 Å². The summed E-state index contributed by atoms with van der Waals surface area (Å²) in [4.78, 5) is 0. The van der Waals surface area contributed by atoms with Gasteiger partial charge >= 0.3 is 0 Å². The molecule has 0 radical (unpaired) electrons. The van der Waals surface area contributed by atoms with Crippen molar-refractivity contribution < 1.29 is 4.39 Å². The minimum absolute atomic E-state index is 0.139. The van der Waals surface area contributed by atoms with Crippen LogP contribution in [0.15, 0.2) is 53.0 Å². The van der Waals surface area contributed by atoms with Crippen LogP contribution >= 0.6 is 15.9 Å². The van der Waals surface area contributed by atoms with Crippen molar-refractivity contribution in [3.05, 3.63) is 69.9 Å². The summed E-state index contributed by atoms with van der Waals surface area (Å²) in [6, 6.07) is 15.9. The number of hydrogen-bond acceptors (Lipinski definition) is 1. The standard InChI is InChI=1S/C18H21BrFN/c1-3-21-18(14-7-5-4-6-8-14)13(2)11-15-9-10-16(19)12-17(15)20/h4-10,12-13,18,21H,3,11H2,1-2H3. The third kappa shape index (κ3) is 4.39. The SMILES string of the molecule is CCNC(c1ccccc1)C(C)Cc1ccc(Br)cc1F. The van der Waals surface area contributed by atoms with Gasteiger partial charge in [0.1, 0.15) is 5.82 Å². The van der Waals surface area contributed by atoms with Crippen LogP contribution in [0.25, 0.3) is 0 Å². The van der Waals surface area contributed by atoms with Gasteiger partial charge in [-0.2, -0.15) is 0 Å². The zero-order valence-electron chi connectivity index (χ0n) is 12.4. The Kier molecular flexibility index (Phi) is 5.95. The summed E-state index contributed by atoms with van der Waals surface area (Å²) in [5.74, 6) is 0.169. The summed E-state index contributed by atoms with van der Waals surface area (Å²) in [5.41, 5.74) is 2.02. The van der Waals surface area contributed by atoms with Gasteiger partial charge in [0.15, 0.2) is 0 Å². The largest absolute Gasteiger partial charge is 0.310 e. The molecule has 0 aromatic heterocycles. The molecule has 3 heteroatoms. The minimum atomic E-state index is -0.139. The van der Waals surface area contributed by atoms with Gasteiger partial charge in [0.25, 0.3) is 0 Å². The fourth-order valence-electron chi connectivity index (χ4n) is 2.68. The third-order valence-corrected chi connectivity index (χ3v) is 4.20. The monoisotopic (exact) mass is 349 g/mol. The van der Waals surface area contributed by atoms with Gasteiger partial charge in [-0.3, -0.25) is 0 Å². The van der Waals surface area contributed by atoms with E-state index in [1.165, 1.54) is 11.6 Å². The molecule has 21 heavy (non-hydrogen) atoms. The predicted octanol–water partition coefficient (Wildman–Crippen LogP) is 5.12. The van der Waals surface area contributed by atoms with Crippen LogP contribution < -0.4 is 5.32 Å². The maximum Gasteiger partial charge on any atom is 0.127 e. The average molecular weight is 350 g/mol. The van der Waals surface area contributed by atoms with Crippen molar-refractivity contribution in [3.63, 3.8) is 0 Å². The summed E-state index contributed by atoms with van der Waals surface area (Å²) in [6.45, 7) is 5.16. The summed E-state index contributed by atoms with van der Waals surface area (Å²) < 4.78 is 14.8. The van der Waals surface area contributed by atoms with E-state index in [2.05, 4.69) is 47.2 Å². The maximum absolute atomic E-state index is 14.0. The summed E-state index contributed by atoms with van der Waals surface area (Å²) >= 11 is 3.30. The van der Waals surface area contributed by atoms with Gasteiger partial charge in [0, 0.05) is 10.5 Å². The molecular weight excluding hydrogens is 329 g/mol. The second kappa shape index (κ2) is 7.71. The van der Waals surface area contributed by atoms with Crippen LogP contribution in [0, 0.1) is 11.7 Å². The quantitative estimate of drug-likeness (QED) is 0.763. The van der Waals surface area contributed by atoms with E-state index in [4.69, 9.17) is 0 Å². The molecule has 1 N–H and O–H groups in total. The average Bonchev–Trinajstić information content (AvgIpc) is 2.48. The Morgan fingerprint density at radius 2 is 1.86 bits per heavy atom. The van der Waals surface area contributed by atoms with Gasteiger partial charge in [-0.15, -0.1) is 0 Å². The van der Waals surface area contributed by atoms with E-state index in [1.807, 2.05) is 30.3 Å². The second-order valence-electron chi connectivity index (χ2n) is 5.36. The van der Waals surface area contributed by atoms with E-state index in [9.17, 15) is 4.39 Å². The van der Waals surface area contributed by atoms with Gasteiger partial charge in [0.2, 0.25) is 0 Å². The van der Waals surface area contributed by atoms with Crippen molar-refractivity contribution in [2.45, 2.75) is 26.3 Å². The fourth-order valence-corrected chi connectivity index (χ4v) is 3.01. The molecule has 2 atom stereocenters. The van der Waals surface area contributed by atoms with Crippen molar-refractivity contribution >= 4 is 15.9 Å². The van der Waals surface area contributed by atoms with Crippen molar-refractivity contribution in [3.8, 4) is 0 Å². The Labute approximate surface area is 134 Å². The third-order valence-electron chi connectivity index (χ3n) is 3.71. The molecule has 1 nitrogen and oxygen atoms in total. The van der Waals surface area contributed by atoms with Gasteiger partial charge < -0.3 is 5.32 Å². The Balaban J connectivity index is 2.17. The highest BCUT2D eigenvalue weighted by Gasteiger charge is 2.19. The van der Waals surface area contributed by atoms with E-state index >= 15 is 0 Å². The number of nitrogens with one attached hydrogen (secondary N) is 1. The van der Waals surface area contributed by atoms with Crippen LogP contribution in [0.5, 0.6) is 0 Å². The van der Waals surface area contributed by atoms with Crippen LogP contribution in [0.2, 0.25) is 0 Å². The molecule has 0 aliphatic heterocycles. The van der Waals surface area contributed by atoms with Crippen LogP contribution in [0.3, 0.4) is 0 Å². The molecule has 0 fully saturated rings. The summed E-state index contributed by atoms with van der Waals surface area (Å²) in [5, 5.41) is 3.52. The molecule has 0 saturated carbocycles. The van der Waals surface area contributed by atoms with E-state index in [-0.39, 0.29) is 11.9 Å². The summed E-state index contributed by atoms with van der Waals surface area (Å²) in [7, 11) is 0. The lowest BCUT2D eigenvalue weighted by Crippen LogP contribution is -2.28. The van der Waals surface area contributed by atoms with E-state index in [0.29, 0.717) is 12.3 Å². The lowest BCUT2D eigenvalue weighted by atomic mass is 9.89. The minimum Gasteiger partial charge on any atom is -0.310 e. The van der Waals surface area contributed by atoms with Gasteiger partial charge in [-0.1, -0.05) is 66.2 Å². The first-order chi connectivity index (χ1) is 10.1. The smallest absolute Gasteiger partial charge is 0.127 e. The highest BCUT2D eigenvalue weighted by atomic mass is 79.9. The second-order valence-corrected chi connectivity index (χ2v) is 6.28. The van der Waals surface area contributed by atoms with E-state index in [0.717, 1.165) is 16.6 Å². The Morgan fingerprint density at radius 1 is 1.14 bits per heavy atom. The number of hydrogen-bond donors (Lipinski definition) is 1. The summed E-state index contributed by atoms with van der Waals surface area (Å²) in [6.07, 6.45) is 0.714. The van der Waals surface area contributed by atoms with Crippen molar-refractivity contribution in [2.24, 2.45) is 5.92 Å². The topological polar surface area (TPSA) is 12.0 Å². The molecule has 0 aliphatic carbocycles. The zero-order chi connectivity index (χ0) is 15.2. The van der Waals surface area contributed by atoms with Crippen LogP contribution in [0.1, 0.15) is 31.0 Å². The number of halogens is 2. The first kappa shape index (κ1) is 16.2. The van der Waals surface area contributed by atoms with Gasteiger partial charge in [0.05, 0.1) is 0 Å². The first-order valence-electron chi connectivity index (χ1n) is 7.34. The lowest BCUT2D eigenvalue weighted by Gasteiger charge is -2.25. The lowest BCUT2D eigenvalue weighted by molar-refractivity contribution is 0.387. The Bertz CT molecular complexity index is 571. The zero-order valence-corrected chi connectivity index (χ0v) is 14.0. The van der Waals surface area contributed by atoms with Crippen LogP contribution in [0.4, 0.5) is 4.39 Å². The molecule has 2 rings (SSSR count). The number of benzene rings is 2. The molecule has 0 amide bonds. The molecule has 0 heterocycles. The molecule has 0 aliphatic rings. The van der Waals surface area contributed by atoms with E-state index in [1.54, 1.807) is 0 Å². The van der Waals surface area contributed by atoms with Gasteiger partial charge in [-0.05, 0) is 42.1 Å². The highest BCUT2D eigenvalue weighted by Crippen LogP contribution is 2.26. The molecule has 0 bridgehead atoms. The van der Waals surface area contributed by atoms with Crippen LogP contribution in [-0.2, 0) is 6.42 Å². The molecule has 2 unspecified atom stereocenters. The molecule has 0 saturated heterocycles. The Hall–Kier alpha value is -1.19. The normalized spacial score (nSPS) is 13.9. The molecule has 2 aromatic rings. The van der Waals surface area contributed by atoms with Crippen molar-refractivity contribution in [2.75, 3.05) is 6.54 Å². The highest BCUT2D eigenvalue weighted by molar-refractivity contribution is 9.10. The first-order valence-corrected chi connectivity index (χ1v) is 8.13. The van der Waals surface area contributed by atoms with Crippen LogP contribution in [-0.4, -0.2) is 6.54 Å². The fraction of sp³-hybridized carbons (Fsp3) is 0.333. The molecule has 0 spiro atoms. The number of rotatable bonds is 6. The molecular formula is C18H21BrFN. The van der Waals surface area contributed by atoms with Crippen molar-refractivity contribution in [1.82, 2.24) is 5.32 Å². The molecule has 2 aromatic carbocycles. The predicted molar refractivity (Wildman–Crippen MR) is 89.8 cm³/mol. The van der Waals surface area contributed by atoms with Gasteiger partial charge in [-0.25, -0.2) is 4.39 Å². The molecule has 112 valence electrons. The Morgan fingerprint density at radius 3 is 2.48 bits per heavy atom. The van der Waals surface area contributed by atoms with E-state index < -0.39 is 0 Å². The maximum atomic E-state index is 14.0.